The largest absolute Gasteiger partial charge is 0.508 e. The number of hydrogen-bond donors (Lipinski definition) is 6. The van der Waals surface area contributed by atoms with Gasteiger partial charge in [-0.3, -0.25) is 9.59 Å². The molecule has 0 aromatic heterocycles. The van der Waals surface area contributed by atoms with Crippen LogP contribution in [0.5, 0.6) is 5.75 Å². The molecule has 0 bridgehead atoms. The third kappa shape index (κ3) is 6.87. The van der Waals surface area contributed by atoms with Crippen molar-refractivity contribution in [2.75, 3.05) is 6.61 Å². The first-order valence-corrected chi connectivity index (χ1v) is 8.67. The molecule has 1 rings (SSSR count). The molecular weight excluding hydrogens is 354 g/mol. The molecule has 0 aliphatic heterocycles. The molecule has 0 saturated carbocycles. The molecule has 2 amide bonds. The number of aliphatic hydroxyl groups is 1. The average molecular weight is 381 g/mol. The van der Waals surface area contributed by atoms with Gasteiger partial charge in [0, 0.05) is 6.42 Å². The third-order valence-electron chi connectivity index (χ3n) is 4.37. The Kier molecular flexibility index (Phi) is 8.70. The first-order valence-electron chi connectivity index (χ1n) is 8.67. The Balaban J connectivity index is 2.76. The smallest absolute Gasteiger partial charge is 0.326 e. The van der Waals surface area contributed by atoms with Crippen molar-refractivity contribution >= 4 is 17.8 Å². The number of benzene rings is 1. The van der Waals surface area contributed by atoms with E-state index >= 15 is 0 Å². The van der Waals surface area contributed by atoms with Gasteiger partial charge in [0.1, 0.15) is 17.8 Å². The number of carboxylic acid groups (broad SMARTS) is 1. The summed E-state index contributed by atoms with van der Waals surface area (Å²) in [6, 6.07) is 2.46. The summed E-state index contributed by atoms with van der Waals surface area (Å²) in [4.78, 5) is 35.8. The Bertz CT molecular complexity index is 649. The maximum Gasteiger partial charge on any atom is 0.326 e. The number of aliphatic carboxylic acids is 1. The molecule has 0 radical (unpaired) electrons. The number of carboxylic acids is 1. The van der Waals surface area contributed by atoms with Crippen molar-refractivity contribution in [1.29, 1.82) is 0 Å². The van der Waals surface area contributed by atoms with Crippen molar-refractivity contribution in [1.82, 2.24) is 10.6 Å². The summed E-state index contributed by atoms with van der Waals surface area (Å²) in [5, 5.41) is 32.7. The van der Waals surface area contributed by atoms with Crippen molar-refractivity contribution < 1.29 is 29.7 Å². The van der Waals surface area contributed by atoms with Crippen molar-refractivity contribution in [3.8, 4) is 5.75 Å². The second-order valence-electron chi connectivity index (χ2n) is 6.43. The zero-order chi connectivity index (χ0) is 20.6. The Labute approximate surface area is 157 Å². The molecule has 0 spiro atoms. The van der Waals surface area contributed by atoms with Crippen LogP contribution in [0, 0.1) is 5.92 Å². The molecule has 7 N–H and O–H groups in total. The molecule has 0 unspecified atom stereocenters. The first-order chi connectivity index (χ1) is 12.7. The lowest BCUT2D eigenvalue weighted by Crippen LogP contribution is -2.57. The lowest BCUT2D eigenvalue weighted by molar-refractivity contribution is -0.142. The Morgan fingerprint density at radius 2 is 1.63 bits per heavy atom. The number of amides is 2. The molecule has 0 aliphatic rings. The minimum Gasteiger partial charge on any atom is -0.508 e. The van der Waals surface area contributed by atoms with Gasteiger partial charge < -0.3 is 31.7 Å². The molecule has 0 fully saturated rings. The molecule has 0 aliphatic carbocycles. The number of rotatable bonds is 10. The molecule has 1 aromatic carbocycles. The molecular formula is C18H27N3O6. The van der Waals surface area contributed by atoms with Crippen LogP contribution in [-0.2, 0) is 20.8 Å². The summed E-state index contributed by atoms with van der Waals surface area (Å²) >= 11 is 0. The summed E-state index contributed by atoms with van der Waals surface area (Å²) < 4.78 is 0. The Morgan fingerprint density at radius 1 is 1.07 bits per heavy atom. The fourth-order valence-electron chi connectivity index (χ4n) is 2.31. The fourth-order valence-corrected chi connectivity index (χ4v) is 2.31. The van der Waals surface area contributed by atoms with E-state index in [1.807, 2.05) is 6.92 Å². The van der Waals surface area contributed by atoms with Crippen LogP contribution >= 0.6 is 0 Å². The van der Waals surface area contributed by atoms with Crippen molar-refractivity contribution in [3.05, 3.63) is 29.8 Å². The highest BCUT2D eigenvalue weighted by molar-refractivity contribution is 5.92. The number of nitrogens with one attached hydrogen (secondary N) is 2. The number of aromatic hydroxyl groups is 1. The van der Waals surface area contributed by atoms with Gasteiger partial charge in [0.15, 0.2) is 0 Å². The second-order valence-corrected chi connectivity index (χ2v) is 6.43. The zero-order valence-electron chi connectivity index (χ0n) is 15.4. The molecule has 1 aromatic rings. The first kappa shape index (κ1) is 22.4. The number of phenols is 1. The number of nitrogens with two attached hydrogens (primary N) is 1. The minimum atomic E-state index is -1.31. The van der Waals surface area contributed by atoms with Crippen LogP contribution in [0.15, 0.2) is 24.3 Å². The van der Waals surface area contributed by atoms with Gasteiger partial charge >= 0.3 is 5.97 Å². The number of aliphatic hydroxyl groups excluding tert-OH is 1. The van der Waals surface area contributed by atoms with E-state index in [9.17, 15) is 29.7 Å². The number of hydrogen-bond acceptors (Lipinski definition) is 6. The predicted molar refractivity (Wildman–Crippen MR) is 97.8 cm³/mol. The van der Waals surface area contributed by atoms with Crippen molar-refractivity contribution in [3.63, 3.8) is 0 Å². The standard InChI is InChI=1S/C18H27N3O6/c1-3-10(2)15(19)17(25)21-14(9-22)16(24)20-13(18(26)27)8-11-4-6-12(23)7-5-11/h4-7,10,13-15,22-23H,3,8-9,19H2,1-2H3,(H,20,24)(H,21,25)(H,26,27)/t10-,13-,14-,15-/m0/s1. The van der Waals surface area contributed by atoms with Gasteiger partial charge in [-0.2, -0.15) is 0 Å². The van der Waals surface area contributed by atoms with E-state index in [-0.39, 0.29) is 18.1 Å². The van der Waals surface area contributed by atoms with Gasteiger partial charge in [-0.1, -0.05) is 32.4 Å². The highest BCUT2D eigenvalue weighted by Crippen LogP contribution is 2.11. The molecule has 0 heterocycles. The molecule has 9 nitrogen and oxygen atoms in total. The highest BCUT2D eigenvalue weighted by atomic mass is 16.4. The van der Waals surface area contributed by atoms with Crippen LogP contribution in [0.25, 0.3) is 0 Å². The Morgan fingerprint density at radius 3 is 2.11 bits per heavy atom. The van der Waals surface area contributed by atoms with E-state index in [2.05, 4.69) is 10.6 Å². The van der Waals surface area contributed by atoms with E-state index in [1.54, 1.807) is 6.92 Å². The highest BCUT2D eigenvalue weighted by Gasteiger charge is 2.28. The van der Waals surface area contributed by atoms with Gasteiger partial charge in [-0.15, -0.1) is 0 Å². The predicted octanol–water partition coefficient (Wildman–Crippen LogP) is -0.645. The number of carbonyl (C=O) groups is 3. The van der Waals surface area contributed by atoms with E-state index in [4.69, 9.17) is 5.73 Å². The molecule has 0 saturated heterocycles. The van der Waals surface area contributed by atoms with Crippen LogP contribution in [0.3, 0.4) is 0 Å². The van der Waals surface area contributed by atoms with Gasteiger partial charge in [-0.25, -0.2) is 4.79 Å². The maximum absolute atomic E-state index is 12.3. The van der Waals surface area contributed by atoms with E-state index in [0.29, 0.717) is 12.0 Å². The second kappa shape index (κ2) is 10.5. The summed E-state index contributed by atoms with van der Waals surface area (Å²) in [5.41, 5.74) is 6.39. The van der Waals surface area contributed by atoms with Crippen LogP contribution in [0.1, 0.15) is 25.8 Å². The summed E-state index contributed by atoms with van der Waals surface area (Å²) in [6.07, 6.45) is 0.637. The summed E-state index contributed by atoms with van der Waals surface area (Å²) in [5.74, 6) is -2.77. The van der Waals surface area contributed by atoms with E-state index < -0.39 is 42.5 Å². The molecule has 150 valence electrons. The van der Waals surface area contributed by atoms with Gasteiger partial charge in [0.2, 0.25) is 11.8 Å². The number of phenolic OH excluding ortho intramolecular Hbond substituents is 1. The van der Waals surface area contributed by atoms with E-state index in [0.717, 1.165) is 0 Å². The average Bonchev–Trinajstić information content (AvgIpc) is 2.65. The lowest BCUT2D eigenvalue weighted by Gasteiger charge is -2.23. The molecule has 27 heavy (non-hydrogen) atoms. The minimum absolute atomic E-state index is 0.0279. The maximum atomic E-state index is 12.3. The monoisotopic (exact) mass is 381 g/mol. The van der Waals surface area contributed by atoms with Crippen molar-refractivity contribution in [2.24, 2.45) is 11.7 Å². The Hall–Kier alpha value is -2.65. The van der Waals surface area contributed by atoms with Crippen LogP contribution in [0.4, 0.5) is 0 Å². The molecule has 4 atom stereocenters. The molecule has 9 heteroatoms. The van der Waals surface area contributed by atoms with Gasteiger partial charge in [-0.05, 0) is 23.6 Å². The fraction of sp³-hybridized carbons (Fsp3) is 0.500. The quantitative estimate of drug-likeness (QED) is 0.314. The SMILES string of the molecule is CC[C@H](C)[C@H](N)C(=O)N[C@@H](CO)C(=O)N[C@@H](Cc1ccc(O)cc1)C(=O)O. The van der Waals surface area contributed by atoms with Crippen LogP contribution in [0.2, 0.25) is 0 Å². The van der Waals surface area contributed by atoms with Crippen LogP contribution in [-0.4, -0.2) is 57.8 Å². The number of carbonyl (C=O) groups excluding carboxylic acids is 2. The van der Waals surface area contributed by atoms with Crippen LogP contribution < -0.4 is 16.4 Å². The summed E-state index contributed by atoms with van der Waals surface area (Å²) in [7, 11) is 0. The van der Waals surface area contributed by atoms with Crippen molar-refractivity contribution in [2.45, 2.75) is 44.8 Å². The summed E-state index contributed by atoms with van der Waals surface area (Å²) in [6.45, 7) is 2.96. The van der Waals surface area contributed by atoms with Gasteiger partial charge in [0.05, 0.1) is 12.6 Å². The topological polar surface area (TPSA) is 162 Å². The zero-order valence-corrected chi connectivity index (χ0v) is 15.4. The van der Waals surface area contributed by atoms with E-state index in [1.165, 1.54) is 24.3 Å². The normalized spacial score (nSPS) is 15.3. The lowest BCUT2D eigenvalue weighted by atomic mass is 9.99. The third-order valence-corrected chi connectivity index (χ3v) is 4.37. The van der Waals surface area contributed by atoms with Gasteiger partial charge in [0.25, 0.3) is 0 Å².